The van der Waals surface area contributed by atoms with Gasteiger partial charge in [-0.2, -0.15) is 5.26 Å². The van der Waals surface area contributed by atoms with Crippen LogP contribution in [0.4, 0.5) is 0 Å². The highest BCUT2D eigenvalue weighted by molar-refractivity contribution is 5.44. The standard InChI is InChI=1S/C15H19NO2/c1-17-14-8-7-11(9-15(14)18-2)13-6-4-3-5-12(13)10-16/h7-9,12-13H,3-6H2,1-2H3. The Kier molecular flexibility index (Phi) is 4.09. The normalized spacial score (nSPS) is 23.2. The largest absolute Gasteiger partial charge is 0.493 e. The number of hydrogen-bond donors (Lipinski definition) is 0. The monoisotopic (exact) mass is 245 g/mol. The van der Waals surface area contributed by atoms with E-state index in [0.29, 0.717) is 5.92 Å². The fraction of sp³-hybridized carbons (Fsp3) is 0.533. The van der Waals surface area contributed by atoms with Crippen molar-refractivity contribution in [3.05, 3.63) is 23.8 Å². The second-order valence-corrected chi connectivity index (χ2v) is 4.74. The van der Waals surface area contributed by atoms with E-state index in [-0.39, 0.29) is 5.92 Å². The highest BCUT2D eigenvalue weighted by Gasteiger charge is 2.26. The van der Waals surface area contributed by atoms with Gasteiger partial charge >= 0.3 is 0 Å². The molecule has 0 N–H and O–H groups in total. The summed E-state index contributed by atoms with van der Waals surface area (Å²) in [6, 6.07) is 8.44. The molecular formula is C15H19NO2. The van der Waals surface area contributed by atoms with Crippen LogP contribution < -0.4 is 9.47 Å². The Hall–Kier alpha value is -1.69. The van der Waals surface area contributed by atoms with E-state index >= 15 is 0 Å². The van der Waals surface area contributed by atoms with Gasteiger partial charge in [0.25, 0.3) is 0 Å². The summed E-state index contributed by atoms with van der Waals surface area (Å²) in [5, 5.41) is 9.24. The summed E-state index contributed by atoms with van der Waals surface area (Å²) in [6.07, 6.45) is 4.47. The first-order valence-electron chi connectivity index (χ1n) is 6.41. The second-order valence-electron chi connectivity index (χ2n) is 4.74. The lowest BCUT2D eigenvalue weighted by Gasteiger charge is -2.27. The molecule has 0 heterocycles. The van der Waals surface area contributed by atoms with E-state index in [9.17, 15) is 5.26 Å². The third-order valence-corrected chi connectivity index (χ3v) is 3.77. The molecule has 0 spiro atoms. The molecule has 3 nitrogen and oxygen atoms in total. The Morgan fingerprint density at radius 1 is 1.11 bits per heavy atom. The fourth-order valence-electron chi connectivity index (χ4n) is 2.77. The summed E-state index contributed by atoms with van der Waals surface area (Å²) in [7, 11) is 3.28. The Bertz CT molecular complexity index is 450. The lowest BCUT2D eigenvalue weighted by molar-refractivity contribution is 0.348. The minimum absolute atomic E-state index is 0.136. The average Bonchev–Trinajstić information content (AvgIpc) is 2.46. The SMILES string of the molecule is COc1ccc(C2CCCCC2C#N)cc1OC. The van der Waals surface area contributed by atoms with Crippen molar-refractivity contribution in [2.45, 2.75) is 31.6 Å². The quantitative estimate of drug-likeness (QED) is 0.818. The van der Waals surface area contributed by atoms with E-state index < -0.39 is 0 Å². The van der Waals surface area contributed by atoms with Crippen LogP contribution in [-0.4, -0.2) is 14.2 Å². The van der Waals surface area contributed by atoms with Crippen LogP contribution in [0.5, 0.6) is 11.5 Å². The number of rotatable bonds is 3. The molecule has 0 saturated heterocycles. The first-order chi connectivity index (χ1) is 8.80. The van der Waals surface area contributed by atoms with Crippen molar-refractivity contribution < 1.29 is 9.47 Å². The Labute approximate surface area is 108 Å². The zero-order chi connectivity index (χ0) is 13.0. The first kappa shape index (κ1) is 12.8. The molecule has 0 aliphatic heterocycles. The minimum Gasteiger partial charge on any atom is -0.493 e. The molecule has 1 fully saturated rings. The van der Waals surface area contributed by atoms with Gasteiger partial charge in [0.2, 0.25) is 0 Å². The molecule has 1 aliphatic carbocycles. The van der Waals surface area contributed by atoms with Crippen LogP contribution in [0.2, 0.25) is 0 Å². The molecule has 0 bridgehead atoms. The maximum absolute atomic E-state index is 9.24. The predicted molar refractivity (Wildman–Crippen MR) is 69.9 cm³/mol. The number of methoxy groups -OCH3 is 2. The van der Waals surface area contributed by atoms with Crippen LogP contribution in [-0.2, 0) is 0 Å². The van der Waals surface area contributed by atoms with Gasteiger partial charge in [0, 0.05) is 0 Å². The number of hydrogen-bond acceptors (Lipinski definition) is 3. The maximum atomic E-state index is 9.24. The summed E-state index contributed by atoms with van der Waals surface area (Å²) >= 11 is 0. The second kappa shape index (κ2) is 5.77. The van der Waals surface area contributed by atoms with Crippen LogP contribution >= 0.6 is 0 Å². The Morgan fingerprint density at radius 3 is 2.50 bits per heavy atom. The van der Waals surface area contributed by atoms with Gasteiger partial charge in [-0.3, -0.25) is 0 Å². The van der Waals surface area contributed by atoms with Crippen molar-refractivity contribution in [1.82, 2.24) is 0 Å². The van der Waals surface area contributed by atoms with Gasteiger partial charge in [0.15, 0.2) is 11.5 Å². The molecule has 2 atom stereocenters. The Morgan fingerprint density at radius 2 is 1.83 bits per heavy atom. The lowest BCUT2D eigenvalue weighted by Crippen LogP contribution is -2.16. The first-order valence-corrected chi connectivity index (χ1v) is 6.41. The summed E-state index contributed by atoms with van der Waals surface area (Å²) in [4.78, 5) is 0. The number of benzene rings is 1. The highest BCUT2D eigenvalue weighted by atomic mass is 16.5. The van der Waals surface area contributed by atoms with Crippen LogP contribution in [0.25, 0.3) is 0 Å². The van der Waals surface area contributed by atoms with Crippen molar-refractivity contribution in [2.75, 3.05) is 14.2 Å². The number of nitriles is 1. The maximum Gasteiger partial charge on any atom is 0.160 e. The highest BCUT2D eigenvalue weighted by Crippen LogP contribution is 2.40. The molecule has 1 aliphatic rings. The zero-order valence-electron chi connectivity index (χ0n) is 11.0. The summed E-state index contributed by atoms with van der Waals surface area (Å²) < 4.78 is 10.6. The molecule has 0 radical (unpaired) electrons. The molecule has 0 aromatic heterocycles. The van der Waals surface area contributed by atoms with Crippen molar-refractivity contribution >= 4 is 0 Å². The van der Waals surface area contributed by atoms with Gasteiger partial charge in [-0.15, -0.1) is 0 Å². The van der Waals surface area contributed by atoms with Crippen LogP contribution in [0, 0.1) is 17.2 Å². The molecule has 1 aromatic rings. The predicted octanol–water partition coefficient (Wildman–Crippen LogP) is 3.50. The van der Waals surface area contributed by atoms with Crippen LogP contribution in [0.1, 0.15) is 37.2 Å². The lowest BCUT2D eigenvalue weighted by atomic mass is 9.76. The van der Waals surface area contributed by atoms with Crippen molar-refractivity contribution in [3.8, 4) is 17.6 Å². The fourth-order valence-corrected chi connectivity index (χ4v) is 2.77. The van der Waals surface area contributed by atoms with E-state index in [1.807, 2.05) is 12.1 Å². The molecule has 3 heteroatoms. The van der Waals surface area contributed by atoms with Crippen LogP contribution in [0.15, 0.2) is 18.2 Å². The summed E-state index contributed by atoms with van der Waals surface area (Å²) in [6.45, 7) is 0. The number of ether oxygens (including phenoxy) is 2. The van der Waals surface area contributed by atoms with Gasteiger partial charge in [0.05, 0.1) is 26.2 Å². The van der Waals surface area contributed by atoms with E-state index in [4.69, 9.17) is 9.47 Å². The molecular weight excluding hydrogens is 226 g/mol. The van der Waals surface area contributed by atoms with Gasteiger partial charge < -0.3 is 9.47 Å². The van der Waals surface area contributed by atoms with Crippen LogP contribution in [0.3, 0.4) is 0 Å². The molecule has 1 saturated carbocycles. The third kappa shape index (κ3) is 2.43. The average molecular weight is 245 g/mol. The van der Waals surface area contributed by atoms with E-state index in [0.717, 1.165) is 24.3 Å². The van der Waals surface area contributed by atoms with Gasteiger partial charge in [0.1, 0.15) is 0 Å². The molecule has 96 valence electrons. The molecule has 1 aromatic carbocycles. The summed E-state index contributed by atoms with van der Waals surface area (Å²) in [5.74, 6) is 1.96. The van der Waals surface area contributed by atoms with E-state index in [1.54, 1.807) is 14.2 Å². The summed E-state index contributed by atoms with van der Waals surface area (Å²) in [5.41, 5.74) is 1.19. The van der Waals surface area contributed by atoms with Gasteiger partial charge in [-0.1, -0.05) is 18.9 Å². The molecule has 2 rings (SSSR count). The molecule has 18 heavy (non-hydrogen) atoms. The third-order valence-electron chi connectivity index (χ3n) is 3.77. The molecule has 2 unspecified atom stereocenters. The van der Waals surface area contributed by atoms with Crippen molar-refractivity contribution in [2.24, 2.45) is 5.92 Å². The number of nitrogens with zero attached hydrogens (tertiary/aromatic N) is 1. The topological polar surface area (TPSA) is 42.2 Å². The minimum atomic E-state index is 0.136. The van der Waals surface area contributed by atoms with Gasteiger partial charge in [-0.25, -0.2) is 0 Å². The Balaban J connectivity index is 2.29. The van der Waals surface area contributed by atoms with Crippen molar-refractivity contribution in [1.29, 1.82) is 5.26 Å². The van der Waals surface area contributed by atoms with Crippen molar-refractivity contribution in [3.63, 3.8) is 0 Å². The zero-order valence-corrected chi connectivity index (χ0v) is 11.0. The van der Waals surface area contributed by atoms with E-state index in [1.165, 1.54) is 18.4 Å². The van der Waals surface area contributed by atoms with Gasteiger partial charge in [-0.05, 0) is 36.5 Å². The van der Waals surface area contributed by atoms with E-state index in [2.05, 4.69) is 12.1 Å². The smallest absolute Gasteiger partial charge is 0.160 e. The molecule has 0 amide bonds.